The van der Waals surface area contributed by atoms with Crippen LogP contribution in [0, 0.1) is 6.92 Å². The molecule has 2 unspecified atom stereocenters. The fraction of sp³-hybridized carbons (Fsp3) is 0.750. The van der Waals surface area contributed by atoms with E-state index < -0.39 is 0 Å². The van der Waals surface area contributed by atoms with E-state index in [2.05, 4.69) is 42.8 Å². The van der Waals surface area contributed by atoms with Gasteiger partial charge in [-0.15, -0.1) is 11.3 Å². The maximum Gasteiger partial charge on any atom is 0.0798 e. The topological polar surface area (TPSA) is 24.9 Å². The standard InChI is InChI=1S/C12H20N2S2/c1-9(11-10(2)14-8-15-11)13-7-12(3)5-4-6-16-12/h8-9,13H,4-7H2,1-3H3. The Balaban J connectivity index is 1.88. The molecule has 2 heterocycles. The summed E-state index contributed by atoms with van der Waals surface area (Å²) < 4.78 is 0.451. The lowest BCUT2D eigenvalue weighted by Gasteiger charge is -2.25. The first-order chi connectivity index (χ1) is 7.61. The summed E-state index contributed by atoms with van der Waals surface area (Å²) in [7, 11) is 0. The van der Waals surface area contributed by atoms with Gasteiger partial charge in [0.15, 0.2) is 0 Å². The molecular formula is C12H20N2S2. The van der Waals surface area contributed by atoms with Crippen molar-refractivity contribution >= 4 is 23.1 Å². The van der Waals surface area contributed by atoms with Crippen molar-refractivity contribution in [2.24, 2.45) is 0 Å². The SMILES string of the molecule is Cc1ncsc1C(C)NCC1(C)CCCS1. The van der Waals surface area contributed by atoms with Gasteiger partial charge in [-0.25, -0.2) is 4.98 Å². The third-order valence-corrected chi connectivity index (χ3v) is 5.91. The maximum absolute atomic E-state index is 4.31. The second-order valence-electron chi connectivity index (χ2n) is 4.81. The van der Waals surface area contributed by atoms with Gasteiger partial charge in [-0.3, -0.25) is 0 Å². The van der Waals surface area contributed by atoms with Crippen LogP contribution in [0.1, 0.15) is 43.3 Å². The van der Waals surface area contributed by atoms with Crippen molar-refractivity contribution in [3.8, 4) is 0 Å². The molecule has 0 amide bonds. The van der Waals surface area contributed by atoms with E-state index in [1.54, 1.807) is 11.3 Å². The number of nitrogens with zero attached hydrogens (tertiary/aromatic N) is 1. The molecule has 1 fully saturated rings. The number of hydrogen-bond acceptors (Lipinski definition) is 4. The molecule has 90 valence electrons. The molecule has 0 aliphatic carbocycles. The highest BCUT2D eigenvalue weighted by molar-refractivity contribution is 8.00. The maximum atomic E-state index is 4.31. The van der Waals surface area contributed by atoms with Crippen LogP contribution in [0.15, 0.2) is 5.51 Å². The van der Waals surface area contributed by atoms with Gasteiger partial charge in [-0.05, 0) is 39.4 Å². The van der Waals surface area contributed by atoms with E-state index in [1.807, 2.05) is 5.51 Å². The molecule has 2 atom stereocenters. The van der Waals surface area contributed by atoms with Crippen molar-refractivity contribution in [1.82, 2.24) is 10.3 Å². The molecule has 0 aromatic carbocycles. The van der Waals surface area contributed by atoms with Gasteiger partial charge < -0.3 is 5.32 Å². The van der Waals surface area contributed by atoms with Crippen molar-refractivity contribution in [2.75, 3.05) is 12.3 Å². The Morgan fingerprint density at radius 2 is 2.44 bits per heavy atom. The molecule has 0 spiro atoms. The molecule has 0 bridgehead atoms. The highest BCUT2D eigenvalue weighted by Crippen LogP contribution is 2.37. The lowest BCUT2D eigenvalue weighted by Crippen LogP contribution is -2.34. The molecule has 16 heavy (non-hydrogen) atoms. The molecule has 1 aromatic heterocycles. The Morgan fingerprint density at radius 1 is 1.62 bits per heavy atom. The van der Waals surface area contributed by atoms with E-state index in [0.29, 0.717) is 10.8 Å². The minimum absolute atomic E-state index is 0.436. The molecule has 1 aliphatic rings. The zero-order chi connectivity index (χ0) is 11.6. The number of rotatable bonds is 4. The molecule has 1 aliphatic heterocycles. The van der Waals surface area contributed by atoms with Crippen LogP contribution >= 0.6 is 23.1 Å². The van der Waals surface area contributed by atoms with Crippen LogP contribution in [0.25, 0.3) is 0 Å². The summed E-state index contributed by atoms with van der Waals surface area (Å²) in [6.07, 6.45) is 2.72. The third-order valence-electron chi connectivity index (χ3n) is 3.26. The molecule has 0 saturated carbocycles. The quantitative estimate of drug-likeness (QED) is 0.894. The van der Waals surface area contributed by atoms with Gasteiger partial charge in [0.2, 0.25) is 0 Å². The number of thiazole rings is 1. The van der Waals surface area contributed by atoms with Crippen LogP contribution in [-0.4, -0.2) is 22.0 Å². The van der Waals surface area contributed by atoms with Crippen molar-refractivity contribution < 1.29 is 0 Å². The summed E-state index contributed by atoms with van der Waals surface area (Å²) in [5.41, 5.74) is 3.11. The summed E-state index contributed by atoms with van der Waals surface area (Å²) in [6, 6.07) is 0.436. The predicted octanol–water partition coefficient (Wildman–Crippen LogP) is 3.39. The largest absolute Gasteiger partial charge is 0.308 e. The second-order valence-corrected chi connectivity index (χ2v) is 7.38. The Labute approximate surface area is 106 Å². The Morgan fingerprint density at radius 3 is 3.00 bits per heavy atom. The van der Waals surface area contributed by atoms with E-state index >= 15 is 0 Å². The van der Waals surface area contributed by atoms with Gasteiger partial charge in [0.05, 0.1) is 11.2 Å². The zero-order valence-corrected chi connectivity index (χ0v) is 11.9. The van der Waals surface area contributed by atoms with Crippen molar-refractivity contribution in [2.45, 2.75) is 44.4 Å². The molecule has 0 radical (unpaired) electrons. The first-order valence-corrected chi connectivity index (χ1v) is 7.75. The van der Waals surface area contributed by atoms with Gasteiger partial charge >= 0.3 is 0 Å². The zero-order valence-electron chi connectivity index (χ0n) is 10.2. The fourth-order valence-electron chi connectivity index (χ4n) is 2.16. The van der Waals surface area contributed by atoms with E-state index in [0.717, 1.165) is 6.54 Å². The van der Waals surface area contributed by atoms with Crippen molar-refractivity contribution in [3.63, 3.8) is 0 Å². The van der Waals surface area contributed by atoms with Crippen LogP contribution in [0.4, 0.5) is 0 Å². The molecule has 1 N–H and O–H groups in total. The van der Waals surface area contributed by atoms with Gasteiger partial charge in [-0.1, -0.05) is 0 Å². The van der Waals surface area contributed by atoms with Crippen LogP contribution in [0.3, 0.4) is 0 Å². The smallest absolute Gasteiger partial charge is 0.0798 e. The lowest BCUT2D eigenvalue weighted by atomic mass is 10.1. The van der Waals surface area contributed by atoms with Crippen LogP contribution in [0.5, 0.6) is 0 Å². The Hall–Kier alpha value is -0.0600. The molecule has 1 saturated heterocycles. The fourth-order valence-corrected chi connectivity index (χ4v) is 4.26. The minimum Gasteiger partial charge on any atom is -0.308 e. The molecule has 4 heteroatoms. The monoisotopic (exact) mass is 256 g/mol. The highest BCUT2D eigenvalue weighted by atomic mass is 32.2. The normalized spacial score (nSPS) is 27.2. The van der Waals surface area contributed by atoms with Crippen molar-refractivity contribution in [3.05, 3.63) is 16.1 Å². The van der Waals surface area contributed by atoms with Gasteiger partial charge in [0, 0.05) is 22.2 Å². The number of hydrogen-bond donors (Lipinski definition) is 1. The first kappa shape index (κ1) is 12.4. The predicted molar refractivity (Wildman–Crippen MR) is 73.4 cm³/mol. The lowest BCUT2D eigenvalue weighted by molar-refractivity contribution is 0.493. The minimum atomic E-state index is 0.436. The van der Waals surface area contributed by atoms with Crippen LogP contribution < -0.4 is 5.32 Å². The van der Waals surface area contributed by atoms with E-state index in [9.17, 15) is 0 Å². The average Bonchev–Trinajstić information content (AvgIpc) is 2.85. The summed E-state index contributed by atoms with van der Waals surface area (Å²) in [5.74, 6) is 1.33. The number of aromatic nitrogens is 1. The summed E-state index contributed by atoms with van der Waals surface area (Å²) in [4.78, 5) is 5.69. The van der Waals surface area contributed by atoms with Crippen LogP contribution in [0.2, 0.25) is 0 Å². The number of nitrogens with one attached hydrogen (secondary N) is 1. The third kappa shape index (κ3) is 2.79. The summed E-state index contributed by atoms with van der Waals surface area (Å²) in [6.45, 7) is 7.82. The number of aryl methyl sites for hydroxylation is 1. The second kappa shape index (κ2) is 5.07. The van der Waals surface area contributed by atoms with Gasteiger partial charge in [-0.2, -0.15) is 11.8 Å². The molecule has 1 aromatic rings. The summed E-state index contributed by atoms with van der Waals surface area (Å²) in [5, 5.41) is 3.66. The summed E-state index contributed by atoms with van der Waals surface area (Å²) >= 11 is 3.87. The Bertz CT molecular complexity index is 343. The van der Waals surface area contributed by atoms with E-state index in [1.165, 1.54) is 29.2 Å². The molecule has 2 nitrogen and oxygen atoms in total. The van der Waals surface area contributed by atoms with Gasteiger partial charge in [0.1, 0.15) is 0 Å². The number of thioether (sulfide) groups is 1. The molecular weight excluding hydrogens is 236 g/mol. The average molecular weight is 256 g/mol. The van der Waals surface area contributed by atoms with Crippen molar-refractivity contribution in [1.29, 1.82) is 0 Å². The van der Waals surface area contributed by atoms with E-state index in [-0.39, 0.29) is 0 Å². The van der Waals surface area contributed by atoms with E-state index in [4.69, 9.17) is 0 Å². The van der Waals surface area contributed by atoms with Gasteiger partial charge in [0.25, 0.3) is 0 Å². The first-order valence-electron chi connectivity index (χ1n) is 5.88. The Kier molecular flexibility index (Phi) is 3.93. The highest BCUT2D eigenvalue weighted by Gasteiger charge is 2.29. The molecule has 2 rings (SSSR count). The van der Waals surface area contributed by atoms with Crippen LogP contribution in [-0.2, 0) is 0 Å².